The third kappa shape index (κ3) is 5.89. The highest BCUT2D eigenvalue weighted by atomic mass is 35.5. The second kappa shape index (κ2) is 11.7. The molecule has 3 atom stereocenters. The SMILES string of the molecule is CNC[C@@H](O)COc1ccc(Cl)c(-c2nc(C[C@H]3CC[C@@H](OC)C3)c(C)c(-c3c(C)noc3C)n2)c1. The predicted molar refractivity (Wildman–Crippen MR) is 139 cm³/mol. The molecule has 9 heteroatoms. The van der Waals surface area contributed by atoms with Gasteiger partial charge in [-0.15, -0.1) is 0 Å². The van der Waals surface area contributed by atoms with Gasteiger partial charge in [0.05, 0.1) is 28.1 Å². The number of halogens is 1. The number of aliphatic hydroxyl groups excluding tert-OH is 1. The van der Waals surface area contributed by atoms with E-state index in [1.807, 2.05) is 19.9 Å². The molecule has 2 N–H and O–H groups in total. The van der Waals surface area contributed by atoms with Crippen LogP contribution in [0.5, 0.6) is 5.75 Å². The molecule has 2 aromatic heterocycles. The van der Waals surface area contributed by atoms with E-state index in [0.717, 1.165) is 53.9 Å². The van der Waals surface area contributed by atoms with Gasteiger partial charge < -0.3 is 24.4 Å². The van der Waals surface area contributed by atoms with E-state index in [2.05, 4.69) is 17.4 Å². The van der Waals surface area contributed by atoms with Gasteiger partial charge in [-0.05, 0) is 83.2 Å². The molecule has 0 saturated heterocycles. The molecule has 0 unspecified atom stereocenters. The molecule has 36 heavy (non-hydrogen) atoms. The third-order valence-electron chi connectivity index (χ3n) is 6.89. The molecular formula is C27H35ClN4O4. The van der Waals surface area contributed by atoms with Gasteiger partial charge in [-0.3, -0.25) is 0 Å². The third-order valence-corrected chi connectivity index (χ3v) is 7.22. The minimum atomic E-state index is -0.621. The summed E-state index contributed by atoms with van der Waals surface area (Å²) in [6, 6.07) is 5.39. The Morgan fingerprint density at radius 2 is 2.03 bits per heavy atom. The number of nitrogens with zero attached hydrogens (tertiary/aromatic N) is 3. The maximum Gasteiger partial charge on any atom is 0.161 e. The minimum absolute atomic E-state index is 0.161. The predicted octanol–water partition coefficient (Wildman–Crippen LogP) is 4.69. The second-order valence-electron chi connectivity index (χ2n) is 9.57. The number of benzene rings is 1. The number of likely N-dealkylation sites (N-methyl/N-ethyl adjacent to an activating group) is 1. The molecule has 3 aromatic rings. The maximum atomic E-state index is 10.0. The lowest BCUT2D eigenvalue weighted by atomic mass is 9.96. The first-order valence-corrected chi connectivity index (χ1v) is 12.8. The summed E-state index contributed by atoms with van der Waals surface area (Å²) in [7, 11) is 3.57. The van der Waals surface area contributed by atoms with E-state index in [1.165, 1.54) is 0 Å². The van der Waals surface area contributed by atoms with Crippen LogP contribution in [0.4, 0.5) is 0 Å². The van der Waals surface area contributed by atoms with Gasteiger partial charge in [0, 0.05) is 24.9 Å². The van der Waals surface area contributed by atoms with E-state index < -0.39 is 6.10 Å². The molecule has 194 valence electrons. The second-order valence-corrected chi connectivity index (χ2v) is 9.98. The molecular weight excluding hydrogens is 480 g/mol. The number of aliphatic hydroxyl groups is 1. The molecule has 8 nitrogen and oxygen atoms in total. The van der Waals surface area contributed by atoms with Crippen molar-refractivity contribution >= 4 is 11.6 Å². The molecule has 1 fully saturated rings. The van der Waals surface area contributed by atoms with Crippen molar-refractivity contribution in [3.8, 4) is 28.4 Å². The van der Waals surface area contributed by atoms with Crippen LogP contribution in [-0.2, 0) is 11.2 Å². The topological polar surface area (TPSA) is 103 Å². The fraction of sp³-hybridized carbons (Fsp3) is 0.519. The summed E-state index contributed by atoms with van der Waals surface area (Å²) in [6.07, 6.45) is 3.72. The molecule has 0 amide bonds. The van der Waals surface area contributed by atoms with E-state index in [9.17, 15) is 5.11 Å². The number of nitrogens with one attached hydrogen (secondary N) is 1. The Labute approximate surface area is 217 Å². The van der Waals surface area contributed by atoms with E-state index in [-0.39, 0.29) is 6.61 Å². The molecule has 1 aliphatic carbocycles. The number of rotatable bonds is 10. The first kappa shape index (κ1) is 26.5. The standard InChI is InChI=1S/C27H35ClN4O4/c1-15-24(11-18-6-7-20(10-18)34-5)30-27(31-26(15)25-16(2)32-36-17(25)3)22-12-21(8-9-23(22)28)35-14-19(33)13-29-4/h8-9,12,18-20,29,33H,6-7,10-11,13-14H2,1-5H3/t18-,19+,20+/m0/s1. The Bertz CT molecular complexity index is 1180. The number of methoxy groups -OCH3 is 1. The minimum Gasteiger partial charge on any atom is -0.491 e. The highest BCUT2D eigenvalue weighted by Gasteiger charge is 2.27. The van der Waals surface area contributed by atoms with Crippen molar-refractivity contribution in [1.82, 2.24) is 20.4 Å². The van der Waals surface area contributed by atoms with E-state index in [1.54, 1.807) is 26.3 Å². The molecule has 4 rings (SSSR count). The molecule has 0 bridgehead atoms. The summed E-state index contributed by atoms with van der Waals surface area (Å²) in [5.41, 5.74) is 5.16. The van der Waals surface area contributed by atoms with Crippen molar-refractivity contribution in [3.63, 3.8) is 0 Å². The van der Waals surface area contributed by atoms with Crippen molar-refractivity contribution in [2.24, 2.45) is 5.92 Å². The summed E-state index contributed by atoms with van der Waals surface area (Å²) in [5.74, 6) is 2.33. The lowest BCUT2D eigenvalue weighted by molar-refractivity contribution is 0.105. The van der Waals surface area contributed by atoms with Gasteiger partial charge in [-0.1, -0.05) is 16.8 Å². The van der Waals surface area contributed by atoms with E-state index >= 15 is 0 Å². The fourth-order valence-corrected chi connectivity index (χ4v) is 5.10. The van der Waals surface area contributed by atoms with Crippen LogP contribution < -0.4 is 10.1 Å². The van der Waals surface area contributed by atoms with Crippen LogP contribution >= 0.6 is 11.6 Å². The number of aryl methyl sites for hydroxylation is 2. The van der Waals surface area contributed by atoms with Crippen LogP contribution in [0.2, 0.25) is 5.02 Å². The van der Waals surface area contributed by atoms with Crippen molar-refractivity contribution in [2.45, 2.75) is 58.7 Å². The first-order chi connectivity index (χ1) is 17.3. The van der Waals surface area contributed by atoms with Crippen molar-refractivity contribution < 1.29 is 19.1 Å². The lowest BCUT2D eigenvalue weighted by Gasteiger charge is -2.17. The van der Waals surface area contributed by atoms with Crippen molar-refractivity contribution in [2.75, 3.05) is 27.3 Å². The van der Waals surface area contributed by atoms with Crippen LogP contribution in [0.3, 0.4) is 0 Å². The van der Waals surface area contributed by atoms with E-state index in [4.69, 9.17) is 35.6 Å². The van der Waals surface area contributed by atoms with Crippen LogP contribution in [0.15, 0.2) is 22.7 Å². The van der Waals surface area contributed by atoms with Gasteiger partial charge in [0.2, 0.25) is 0 Å². The average molecular weight is 515 g/mol. The first-order valence-electron chi connectivity index (χ1n) is 12.4. The van der Waals surface area contributed by atoms with Gasteiger partial charge in [0.25, 0.3) is 0 Å². The number of aromatic nitrogens is 3. The largest absolute Gasteiger partial charge is 0.491 e. The zero-order valence-electron chi connectivity index (χ0n) is 21.6. The van der Waals surface area contributed by atoms with Crippen molar-refractivity contribution in [1.29, 1.82) is 0 Å². The fourth-order valence-electron chi connectivity index (χ4n) is 4.90. The van der Waals surface area contributed by atoms with Crippen LogP contribution in [0.25, 0.3) is 22.6 Å². The summed E-state index contributed by atoms with van der Waals surface area (Å²) in [4.78, 5) is 9.98. The summed E-state index contributed by atoms with van der Waals surface area (Å²) in [6.45, 7) is 6.48. The highest BCUT2D eigenvalue weighted by Crippen LogP contribution is 2.37. The van der Waals surface area contributed by atoms with Gasteiger partial charge in [-0.25, -0.2) is 9.97 Å². The normalized spacial score (nSPS) is 18.5. The highest BCUT2D eigenvalue weighted by molar-refractivity contribution is 6.33. The smallest absolute Gasteiger partial charge is 0.161 e. The molecule has 1 saturated carbocycles. The van der Waals surface area contributed by atoms with Gasteiger partial charge in [-0.2, -0.15) is 0 Å². The van der Waals surface area contributed by atoms with Crippen LogP contribution in [0.1, 0.15) is 42.0 Å². The number of hydrogen-bond acceptors (Lipinski definition) is 8. The monoisotopic (exact) mass is 514 g/mol. The Morgan fingerprint density at radius 1 is 1.22 bits per heavy atom. The van der Waals surface area contributed by atoms with Gasteiger partial charge in [0.1, 0.15) is 24.2 Å². The Hall–Kier alpha value is -2.52. The quantitative estimate of drug-likeness (QED) is 0.401. The lowest BCUT2D eigenvalue weighted by Crippen LogP contribution is -2.29. The summed E-state index contributed by atoms with van der Waals surface area (Å²) < 4.78 is 16.9. The molecule has 0 aliphatic heterocycles. The average Bonchev–Trinajstić information content (AvgIpc) is 3.45. The zero-order valence-corrected chi connectivity index (χ0v) is 22.4. The Morgan fingerprint density at radius 3 is 2.69 bits per heavy atom. The van der Waals surface area contributed by atoms with E-state index in [0.29, 0.717) is 46.5 Å². The Balaban J connectivity index is 1.75. The summed E-state index contributed by atoms with van der Waals surface area (Å²) >= 11 is 6.64. The maximum absolute atomic E-state index is 10.0. The number of hydrogen-bond donors (Lipinski definition) is 2. The zero-order chi connectivity index (χ0) is 25.8. The van der Waals surface area contributed by atoms with Gasteiger partial charge in [0.15, 0.2) is 5.82 Å². The molecule has 1 aromatic carbocycles. The molecule has 1 aliphatic rings. The Kier molecular flexibility index (Phi) is 8.62. The van der Waals surface area contributed by atoms with Crippen LogP contribution in [0, 0.1) is 26.7 Å². The van der Waals surface area contributed by atoms with Crippen molar-refractivity contribution in [3.05, 3.63) is 45.9 Å². The van der Waals surface area contributed by atoms with Gasteiger partial charge >= 0.3 is 0 Å². The molecule has 0 radical (unpaired) electrons. The summed E-state index contributed by atoms with van der Waals surface area (Å²) in [5, 5.41) is 17.6. The molecule has 2 heterocycles. The molecule has 0 spiro atoms. The number of ether oxygens (including phenoxy) is 2. The van der Waals surface area contributed by atoms with Crippen LogP contribution in [-0.4, -0.2) is 59.7 Å².